The predicted molar refractivity (Wildman–Crippen MR) is 125 cm³/mol. The van der Waals surface area contributed by atoms with E-state index in [4.69, 9.17) is 11.6 Å². The minimum atomic E-state index is -0.437. The van der Waals surface area contributed by atoms with Crippen LogP contribution in [0, 0.1) is 12.7 Å². The molecule has 0 saturated carbocycles. The molecule has 0 saturated heterocycles. The number of carbonyl (C=O) groups is 1. The molecule has 0 aliphatic carbocycles. The highest BCUT2D eigenvalue weighted by atomic mass is 35.5. The van der Waals surface area contributed by atoms with E-state index in [2.05, 4.69) is 36.4 Å². The molecule has 8 nitrogen and oxygen atoms in total. The van der Waals surface area contributed by atoms with Crippen LogP contribution in [0.5, 0.6) is 0 Å². The minimum absolute atomic E-state index is 0.132. The molecule has 0 atom stereocenters. The van der Waals surface area contributed by atoms with Gasteiger partial charge in [-0.05, 0) is 44.3 Å². The van der Waals surface area contributed by atoms with Gasteiger partial charge in [0.05, 0.1) is 17.1 Å². The molecule has 2 aromatic heterocycles. The van der Waals surface area contributed by atoms with Crippen LogP contribution in [0.15, 0.2) is 42.6 Å². The number of carbonyl (C=O) groups excluding carboxylic acids is 1. The van der Waals surface area contributed by atoms with Gasteiger partial charge in [0, 0.05) is 54.6 Å². The number of aryl methyl sites for hydroxylation is 1. The highest BCUT2D eigenvalue weighted by Gasteiger charge is 2.12. The smallest absolute Gasteiger partial charge is 0.226 e. The van der Waals surface area contributed by atoms with Gasteiger partial charge in [0.1, 0.15) is 11.6 Å². The summed E-state index contributed by atoms with van der Waals surface area (Å²) in [5, 5.41) is 20.8. The van der Waals surface area contributed by atoms with Gasteiger partial charge < -0.3 is 21.3 Å². The van der Waals surface area contributed by atoms with Gasteiger partial charge in [-0.25, -0.2) is 9.37 Å². The van der Waals surface area contributed by atoms with E-state index in [9.17, 15) is 9.18 Å². The van der Waals surface area contributed by atoms with Crippen molar-refractivity contribution < 1.29 is 9.18 Å². The Hall–Kier alpha value is -3.14. The third kappa shape index (κ3) is 6.68. The zero-order valence-electron chi connectivity index (χ0n) is 17.9. The van der Waals surface area contributed by atoms with E-state index in [1.165, 1.54) is 18.2 Å². The molecular weight excluding hydrogens is 433 g/mol. The van der Waals surface area contributed by atoms with Crippen LogP contribution in [0.4, 0.5) is 21.6 Å². The van der Waals surface area contributed by atoms with Crippen LogP contribution in [0.2, 0.25) is 5.02 Å². The number of hydrogen-bond acceptors (Lipinski definition) is 7. The third-order valence-corrected chi connectivity index (χ3v) is 4.81. The normalized spacial score (nSPS) is 10.8. The molecule has 4 N–H and O–H groups in total. The summed E-state index contributed by atoms with van der Waals surface area (Å²) < 4.78 is 14.2. The van der Waals surface area contributed by atoms with Crippen LogP contribution in [0.1, 0.15) is 12.1 Å². The lowest BCUT2D eigenvalue weighted by molar-refractivity contribution is -0.116. The topological polar surface area (TPSA) is 104 Å². The summed E-state index contributed by atoms with van der Waals surface area (Å²) in [6.07, 6.45) is 1.93. The molecular formula is C22H25ClFN7O. The van der Waals surface area contributed by atoms with E-state index in [-0.39, 0.29) is 11.5 Å². The van der Waals surface area contributed by atoms with Crippen LogP contribution in [-0.2, 0) is 4.79 Å². The van der Waals surface area contributed by atoms with Gasteiger partial charge in [-0.1, -0.05) is 11.6 Å². The Morgan fingerprint density at radius 1 is 1.09 bits per heavy atom. The van der Waals surface area contributed by atoms with Crippen molar-refractivity contribution in [2.75, 3.05) is 37.3 Å². The van der Waals surface area contributed by atoms with Crippen molar-refractivity contribution in [3.05, 3.63) is 59.1 Å². The lowest BCUT2D eigenvalue weighted by Crippen LogP contribution is -2.28. The van der Waals surface area contributed by atoms with Crippen LogP contribution in [0.3, 0.4) is 0 Å². The van der Waals surface area contributed by atoms with Crippen molar-refractivity contribution in [1.29, 1.82) is 0 Å². The van der Waals surface area contributed by atoms with Gasteiger partial charge in [-0.3, -0.25) is 4.79 Å². The first-order valence-electron chi connectivity index (χ1n) is 10.1. The number of hydrogen-bond donors (Lipinski definition) is 4. The van der Waals surface area contributed by atoms with E-state index < -0.39 is 5.82 Å². The van der Waals surface area contributed by atoms with E-state index in [0.717, 1.165) is 13.1 Å². The molecule has 1 aromatic carbocycles. The molecule has 3 aromatic rings. The second-order valence-electron chi connectivity index (χ2n) is 7.06. The number of benzene rings is 1. The summed E-state index contributed by atoms with van der Waals surface area (Å²) in [7, 11) is 1.88. The van der Waals surface area contributed by atoms with E-state index in [1.807, 2.05) is 7.05 Å². The molecule has 0 radical (unpaired) electrons. The summed E-state index contributed by atoms with van der Waals surface area (Å²) in [6.45, 7) is 4.00. The number of rotatable bonds is 10. The zero-order chi connectivity index (χ0) is 22.9. The number of nitrogens with one attached hydrogen (secondary N) is 4. The Bertz CT molecular complexity index is 1080. The summed E-state index contributed by atoms with van der Waals surface area (Å²) in [5.41, 5.74) is 2.58. The predicted octanol–water partition coefficient (Wildman–Crippen LogP) is 3.52. The highest BCUT2D eigenvalue weighted by molar-refractivity contribution is 6.30. The minimum Gasteiger partial charge on any atom is -0.354 e. The average Bonchev–Trinajstić information content (AvgIpc) is 2.77. The fourth-order valence-electron chi connectivity index (χ4n) is 2.88. The fourth-order valence-corrected chi connectivity index (χ4v) is 3.05. The summed E-state index contributed by atoms with van der Waals surface area (Å²) >= 11 is 6.00. The first kappa shape index (κ1) is 23.5. The van der Waals surface area contributed by atoms with Gasteiger partial charge in [0.2, 0.25) is 5.91 Å². The van der Waals surface area contributed by atoms with Gasteiger partial charge in [-0.15, -0.1) is 0 Å². The Labute approximate surface area is 191 Å². The summed E-state index contributed by atoms with van der Waals surface area (Å²) in [5.74, 6) is -0.143. The van der Waals surface area contributed by atoms with Gasteiger partial charge >= 0.3 is 0 Å². The van der Waals surface area contributed by atoms with Crippen molar-refractivity contribution >= 4 is 34.7 Å². The van der Waals surface area contributed by atoms with E-state index >= 15 is 0 Å². The molecule has 0 aliphatic heterocycles. The van der Waals surface area contributed by atoms with Crippen molar-refractivity contribution in [3.8, 4) is 11.3 Å². The lowest BCUT2D eigenvalue weighted by Gasteiger charge is -2.12. The number of aromatic nitrogens is 3. The molecule has 1 amide bonds. The molecule has 3 rings (SSSR count). The molecule has 0 unspecified atom stereocenters. The molecule has 168 valence electrons. The SMILES string of the molecule is CNCCNCCC(=O)Nc1cc(Nc2cc(-c3cc(Cl)ccc3F)nnc2C)ccn1. The summed E-state index contributed by atoms with van der Waals surface area (Å²) in [4.78, 5) is 16.3. The molecule has 0 spiro atoms. The second kappa shape index (κ2) is 11.5. The standard InChI is InChI=1S/C22H25ClFN7O/c1-14-19(13-20(31-30-14)17-11-15(23)3-4-18(17)24)28-16-5-8-27-21(12-16)29-22(32)6-7-26-10-9-25-2/h3-5,8,11-13,25-26H,6-7,9-10H2,1-2H3,(H2,27,28,29,31,32). The maximum atomic E-state index is 14.2. The number of likely N-dealkylation sites (N-methyl/N-ethyl adjacent to an activating group) is 1. The fraction of sp³-hybridized carbons (Fsp3) is 0.273. The zero-order valence-corrected chi connectivity index (χ0v) is 18.6. The number of pyridine rings is 1. The van der Waals surface area contributed by atoms with Gasteiger partial charge in [0.15, 0.2) is 0 Å². The maximum absolute atomic E-state index is 14.2. The molecule has 0 bridgehead atoms. The van der Waals surface area contributed by atoms with Crippen molar-refractivity contribution in [1.82, 2.24) is 25.8 Å². The molecule has 32 heavy (non-hydrogen) atoms. The van der Waals surface area contributed by atoms with E-state index in [0.29, 0.717) is 46.6 Å². The largest absolute Gasteiger partial charge is 0.354 e. The Kier molecular flexibility index (Phi) is 8.43. The van der Waals surface area contributed by atoms with Crippen LogP contribution < -0.4 is 21.3 Å². The maximum Gasteiger partial charge on any atom is 0.226 e. The average molecular weight is 458 g/mol. The quantitative estimate of drug-likeness (QED) is 0.345. The lowest BCUT2D eigenvalue weighted by atomic mass is 10.1. The second-order valence-corrected chi connectivity index (χ2v) is 7.50. The number of nitrogens with zero attached hydrogens (tertiary/aromatic N) is 3. The first-order chi connectivity index (χ1) is 15.5. The van der Waals surface area contributed by atoms with Gasteiger partial charge in [-0.2, -0.15) is 10.2 Å². The Morgan fingerprint density at radius 3 is 2.75 bits per heavy atom. The Morgan fingerprint density at radius 2 is 1.94 bits per heavy atom. The monoisotopic (exact) mass is 457 g/mol. The van der Waals surface area contributed by atoms with Gasteiger partial charge in [0.25, 0.3) is 0 Å². The molecule has 0 fully saturated rings. The van der Waals surface area contributed by atoms with Crippen LogP contribution in [-0.4, -0.2) is 47.8 Å². The van der Waals surface area contributed by atoms with Crippen molar-refractivity contribution in [2.45, 2.75) is 13.3 Å². The molecule has 10 heteroatoms. The molecule has 2 heterocycles. The van der Waals surface area contributed by atoms with Crippen molar-refractivity contribution in [2.24, 2.45) is 0 Å². The summed E-state index contributed by atoms with van der Waals surface area (Å²) in [6, 6.07) is 9.45. The number of halogens is 2. The molecule has 0 aliphatic rings. The Balaban J connectivity index is 1.69. The number of anilines is 3. The van der Waals surface area contributed by atoms with Crippen molar-refractivity contribution in [3.63, 3.8) is 0 Å². The van der Waals surface area contributed by atoms with Crippen LogP contribution in [0.25, 0.3) is 11.3 Å². The third-order valence-electron chi connectivity index (χ3n) is 4.57. The van der Waals surface area contributed by atoms with E-state index in [1.54, 1.807) is 31.3 Å². The van der Waals surface area contributed by atoms with Crippen LogP contribution >= 0.6 is 11.6 Å². The number of amides is 1. The first-order valence-corrected chi connectivity index (χ1v) is 10.5. The highest BCUT2D eigenvalue weighted by Crippen LogP contribution is 2.28.